The first-order valence-corrected chi connectivity index (χ1v) is 11.4. The second kappa shape index (κ2) is 9.42. The quantitative estimate of drug-likeness (QED) is 0.373. The van der Waals surface area contributed by atoms with Gasteiger partial charge in [-0.25, -0.2) is 18.6 Å². The van der Waals surface area contributed by atoms with E-state index in [-0.39, 0.29) is 5.69 Å². The molecule has 5 rings (SSSR count). The molecule has 0 fully saturated rings. The molecule has 10 nitrogen and oxygen atoms in total. The minimum atomic E-state index is -0.874. The van der Waals surface area contributed by atoms with Crippen LogP contribution >= 0.6 is 0 Å². The van der Waals surface area contributed by atoms with E-state index in [0.29, 0.717) is 22.8 Å². The van der Waals surface area contributed by atoms with Crippen LogP contribution in [0.1, 0.15) is 5.69 Å². The zero-order valence-electron chi connectivity index (χ0n) is 20.0. The molecule has 0 spiro atoms. The topological polar surface area (TPSA) is 116 Å². The molecule has 0 aliphatic heterocycles. The first-order chi connectivity index (χ1) is 17.9. The number of hydrogen-bond acceptors (Lipinski definition) is 6. The fourth-order valence-corrected chi connectivity index (χ4v) is 4.06. The fourth-order valence-electron chi connectivity index (χ4n) is 4.06. The second-order valence-electron chi connectivity index (χ2n) is 8.21. The third kappa shape index (κ3) is 4.00. The van der Waals surface area contributed by atoms with Crippen molar-refractivity contribution < 1.29 is 5.11 Å². The second-order valence-corrected chi connectivity index (χ2v) is 8.21. The van der Waals surface area contributed by atoms with Gasteiger partial charge in [0.05, 0.1) is 22.8 Å². The van der Waals surface area contributed by atoms with Gasteiger partial charge in [0.2, 0.25) is 11.6 Å². The summed E-state index contributed by atoms with van der Waals surface area (Å²) in [6.45, 7) is 1.70. The number of benzene rings is 3. The number of azo groups is 1. The predicted octanol–water partition coefficient (Wildman–Crippen LogP) is 3.91. The van der Waals surface area contributed by atoms with Gasteiger partial charge in [0.25, 0.3) is 11.1 Å². The molecular weight excluding hydrogens is 472 g/mol. The van der Waals surface area contributed by atoms with Crippen LogP contribution in [-0.4, -0.2) is 23.6 Å². The van der Waals surface area contributed by atoms with Crippen molar-refractivity contribution in [2.45, 2.75) is 6.92 Å². The molecule has 2 aromatic heterocycles. The Hall–Kier alpha value is -5.25. The Kier molecular flexibility index (Phi) is 5.98. The molecule has 0 aliphatic carbocycles. The standard InChI is InChI=1S/C27H22N6O4/c1-18-22(26(36)33(30(18)2)21-16-10-5-11-17-21)28-29-23-24(34)31(19-12-6-3-7-13-19)27(37)32(25(23)35)20-14-8-4-9-15-20/h3-17,34H,1-2H3. The predicted molar refractivity (Wildman–Crippen MR) is 139 cm³/mol. The van der Waals surface area contributed by atoms with E-state index in [9.17, 15) is 19.5 Å². The lowest BCUT2D eigenvalue weighted by Crippen LogP contribution is -2.37. The van der Waals surface area contributed by atoms with E-state index in [1.807, 2.05) is 18.2 Å². The summed E-state index contributed by atoms with van der Waals surface area (Å²) in [6.07, 6.45) is 0. The molecule has 184 valence electrons. The number of aromatic hydroxyl groups is 1. The van der Waals surface area contributed by atoms with E-state index in [4.69, 9.17) is 0 Å². The normalized spacial score (nSPS) is 11.3. The summed E-state index contributed by atoms with van der Waals surface area (Å²) < 4.78 is 4.93. The van der Waals surface area contributed by atoms with Gasteiger partial charge in [-0.05, 0) is 43.3 Å². The molecule has 5 aromatic rings. The SMILES string of the molecule is Cc1c(N=Nc2c(O)n(-c3ccccc3)c(=O)n(-c3ccccc3)c2=O)c(=O)n(-c2ccccc2)n1C. The van der Waals surface area contributed by atoms with Crippen molar-refractivity contribution in [3.63, 3.8) is 0 Å². The van der Waals surface area contributed by atoms with Crippen molar-refractivity contribution >= 4 is 11.4 Å². The fraction of sp³-hybridized carbons (Fsp3) is 0.0741. The first kappa shape index (κ1) is 23.5. The largest absolute Gasteiger partial charge is 0.492 e. The lowest BCUT2D eigenvalue weighted by atomic mass is 10.3. The van der Waals surface area contributed by atoms with Crippen LogP contribution in [0.2, 0.25) is 0 Å². The average molecular weight is 495 g/mol. The van der Waals surface area contributed by atoms with Crippen molar-refractivity contribution in [3.8, 4) is 22.9 Å². The summed E-state index contributed by atoms with van der Waals surface area (Å²) in [5.41, 5.74) is -0.843. The van der Waals surface area contributed by atoms with Crippen molar-refractivity contribution in [2.24, 2.45) is 17.3 Å². The molecule has 37 heavy (non-hydrogen) atoms. The summed E-state index contributed by atoms with van der Waals surface area (Å²) in [5, 5.41) is 19.1. The van der Waals surface area contributed by atoms with Crippen LogP contribution in [0.5, 0.6) is 5.88 Å². The molecule has 0 unspecified atom stereocenters. The molecule has 0 aliphatic rings. The first-order valence-electron chi connectivity index (χ1n) is 11.4. The van der Waals surface area contributed by atoms with Crippen LogP contribution in [-0.2, 0) is 7.05 Å². The minimum absolute atomic E-state index is 0.00567. The molecular formula is C27H22N6O4. The Morgan fingerprint density at radius 1 is 0.622 bits per heavy atom. The van der Waals surface area contributed by atoms with Gasteiger partial charge in [0.15, 0.2) is 5.69 Å². The van der Waals surface area contributed by atoms with Gasteiger partial charge in [-0.15, -0.1) is 10.2 Å². The number of hydrogen-bond donors (Lipinski definition) is 1. The minimum Gasteiger partial charge on any atom is -0.492 e. The van der Waals surface area contributed by atoms with Crippen LogP contribution in [0.3, 0.4) is 0 Å². The molecule has 3 aromatic carbocycles. The highest BCUT2D eigenvalue weighted by atomic mass is 16.3. The lowest BCUT2D eigenvalue weighted by Gasteiger charge is -2.13. The van der Waals surface area contributed by atoms with E-state index in [0.717, 1.165) is 9.13 Å². The van der Waals surface area contributed by atoms with Gasteiger partial charge >= 0.3 is 5.69 Å². The summed E-state index contributed by atoms with van der Waals surface area (Å²) in [5.74, 6) is -0.686. The molecule has 2 heterocycles. The molecule has 1 N–H and O–H groups in total. The van der Waals surface area contributed by atoms with Crippen LogP contribution < -0.4 is 16.8 Å². The number of aromatic nitrogens is 4. The molecule has 0 radical (unpaired) electrons. The van der Waals surface area contributed by atoms with Crippen LogP contribution in [0.25, 0.3) is 17.1 Å². The smallest absolute Gasteiger partial charge is 0.343 e. The highest BCUT2D eigenvalue weighted by Gasteiger charge is 2.22. The third-order valence-electron chi connectivity index (χ3n) is 6.01. The third-order valence-corrected chi connectivity index (χ3v) is 6.01. The van der Waals surface area contributed by atoms with Gasteiger partial charge in [-0.3, -0.25) is 14.3 Å². The Balaban J connectivity index is 1.75. The molecule has 10 heteroatoms. The van der Waals surface area contributed by atoms with Crippen molar-refractivity contribution in [1.82, 2.24) is 18.5 Å². The summed E-state index contributed by atoms with van der Waals surface area (Å²) in [4.78, 5) is 40.0. The maximum absolute atomic E-state index is 13.4. The number of nitrogens with zero attached hydrogens (tertiary/aromatic N) is 6. The highest BCUT2D eigenvalue weighted by molar-refractivity contribution is 5.52. The Bertz CT molecular complexity index is 1800. The lowest BCUT2D eigenvalue weighted by molar-refractivity contribution is 0.430. The van der Waals surface area contributed by atoms with Crippen LogP contribution in [0.4, 0.5) is 11.4 Å². The summed E-state index contributed by atoms with van der Waals surface area (Å²) in [6, 6.07) is 25.7. The maximum Gasteiger partial charge on any atom is 0.343 e. The van der Waals surface area contributed by atoms with Gasteiger partial charge in [-0.2, -0.15) is 0 Å². The number of para-hydroxylation sites is 3. The van der Waals surface area contributed by atoms with Crippen molar-refractivity contribution in [2.75, 3.05) is 0 Å². The van der Waals surface area contributed by atoms with Gasteiger partial charge in [0, 0.05) is 7.05 Å². The Labute approximate surface area is 210 Å². The number of rotatable bonds is 5. The van der Waals surface area contributed by atoms with E-state index < -0.39 is 28.4 Å². The van der Waals surface area contributed by atoms with Gasteiger partial charge in [0.1, 0.15) is 0 Å². The molecule has 0 saturated heterocycles. The molecule has 0 saturated carbocycles. The van der Waals surface area contributed by atoms with Gasteiger partial charge in [-0.1, -0.05) is 54.6 Å². The van der Waals surface area contributed by atoms with Crippen molar-refractivity contribution in [3.05, 3.63) is 128 Å². The zero-order valence-corrected chi connectivity index (χ0v) is 20.0. The summed E-state index contributed by atoms with van der Waals surface area (Å²) >= 11 is 0. The zero-order chi connectivity index (χ0) is 26.1. The van der Waals surface area contributed by atoms with Crippen molar-refractivity contribution in [1.29, 1.82) is 0 Å². The van der Waals surface area contributed by atoms with Crippen LogP contribution in [0.15, 0.2) is 116 Å². The molecule has 0 bridgehead atoms. The summed E-state index contributed by atoms with van der Waals surface area (Å²) in [7, 11) is 1.71. The van der Waals surface area contributed by atoms with E-state index >= 15 is 0 Å². The Morgan fingerprint density at radius 2 is 1.08 bits per heavy atom. The molecule has 0 amide bonds. The van der Waals surface area contributed by atoms with E-state index in [1.54, 1.807) is 91.4 Å². The highest BCUT2D eigenvalue weighted by Crippen LogP contribution is 2.26. The van der Waals surface area contributed by atoms with E-state index in [1.165, 1.54) is 4.68 Å². The molecule has 0 atom stereocenters. The Morgan fingerprint density at radius 3 is 1.62 bits per heavy atom. The maximum atomic E-state index is 13.4. The van der Waals surface area contributed by atoms with E-state index in [2.05, 4.69) is 10.2 Å². The van der Waals surface area contributed by atoms with Crippen LogP contribution in [0, 0.1) is 6.92 Å². The monoisotopic (exact) mass is 494 g/mol. The van der Waals surface area contributed by atoms with Gasteiger partial charge < -0.3 is 5.11 Å². The average Bonchev–Trinajstić information content (AvgIpc) is 3.13.